The van der Waals surface area contributed by atoms with Gasteiger partial charge in [0.15, 0.2) is 93.1 Å². The van der Waals surface area contributed by atoms with Gasteiger partial charge in [-0.1, -0.05) is 0 Å². The Balaban J connectivity index is 0.00000345. The van der Waals surface area contributed by atoms with Gasteiger partial charge in [0.05, 0.1) is 6.26 Å². The van der Waals surface area contributed by atoms with Gasteiger partial charge in [-0.15, -0.1) is 25.3 Å². The fourth-order valence-corrected chi connectivity index (χ4v) is 5.48. The third-order valence-electron chi connectivity index (χ3n) is 7.75. The topological polar surface area (TPSA) is 0 Å². The number of hydrogen-bond donors (Lipinski definition) is 0. The van der Waals surface area contributed by atoms with Crippen molar-refractivity contribution in [2.24, 2.45) is 0 Å². The highest BCUT2D eigenvalue weighted by molar-refractivity contribution is 7.57. The molecule has 0 unspecified atom stereocenters. The molecule has 0 aromatic heterocycles. The lowest BCUT2D eigenvalue weighted by molar-refractivity contribution is 0.368. The van der Waals surface area contributed by atoms with E-state index in [1.807, 2.05) is 0 Å². The van der Waals surface area contributed by atoms with Crippen LogP contribution in [0.5, 0.6) is 0 Å². The largest absolute Gasteiger partial charge is 0.203 e. The van der Waals surface area contributed by atoms with Crippen molar-refractivity contribution < 1.29 is 87.8 Å². The predicted molar refractivity (Wildman–Crippen MR) is 142 cm³/mol. The fourth-order valence-electron chi connectivity index (χ4n) is 5.48. The second kappa shape index (κ2) is 15.2. The van der Waals surface area contributed by atoms with Crippen LogP contribution < -0.4 is 0 Å². The molecule has 0 spiro atoms. The van der Waals surface area contributed by atoms with Crippen molar-refractivity contribution in [3.05, 3.63) is 139 Å². The first kappa shape index (κ1) is 41.3. The molecule has 0 heterocycles. The molecule has 0 aliphatic carbocycles. The molecule has 4 rings (SSSR count). The smallest absolute Gasteiger partial charge is 0.200 e. The first-order valence-electron chi connectivity index (χ1n) is 13.3. The lowest BCUT2D eigenvalue weighted by Gasteiger charge is -2.41. The van der Waals surface area contributed by atoms with Crippen molar-refractivity contribution in [2.45, 2.75) is 25.3 Å². The van der Waals surface area contributed by atoms with Crippen LogP contribution in [0.2, 0.25) is 0 Å². The van der Waals surface area contributed by atoms with Crippen LogP contribution in [-0.2, 0) is 37.9 Å². The highest BCUT2D eigenvalue weighted by Crippen LogP contribution is 2.37. The summed E-state index contributed by atoms with van der Waals surface area (Å²) < 4.78 is 288. The van der Waals surface area contributed by atoms with Crippen LogP contribution in [0.3, 0.4) is 0 Å². The molecule has 0 amide bonds. The van der Waals surface area contributed by atoms with E-state index < -0.39 is 170 Å². The molecule has 4 aromatic carbocycles. The molecule has 0 N–H and O–H groups in total. The van der Waals surface area contributed by atoms with E-state index in [1.54, 1.807) is 6.26 Å². The van der Waals surface area contributed by atoms with Crippen LogP contribution in [0, 0.1) is 116 Å². The second-order valence-electron chi connectivity index (χ2n) is 10.7. The second-order valence-corrected chi connectivity index (χ2v) is 10.7. The van der Waals surface area contributed by atoms with Gasteiger partial charge in [-0.3, -0.25) is 0 Å². The number of halogens is 20. The summed E-state index contributed by atoms with van der Waals surface area (Å²) in [6, 6.07) is 0. The molecule has 51 heavy (non-hydrogen) atoms. The maximum Gasteiger partial charge on any atom is 0.200 e. The molecular formula is C29H13BF20S. The Morgan fingerprint density at radius 1 is 0.235 bits per heavy atom. The third kappa shape index (κ3) is 7.06. The maximum atomic E-state index is 14.9. The van der Waals surface area contributed by atoms with Crippen LogP contribution in [0.1, 0.15) is 22.3 Å². The predicted octanol–water partition coefficient (Wildman–Crippen LogP) is 8.97. The highest BCUT2D eigenvalue weighted by Gasteiger charge is 2.40. The van der Waals surface area contributed by atoms with Gasteiger partial charge in [-0.05, 0) is 34.9 Å². The van der Waals surface area contributed by atoms with Gasteiger partial charge >= 0.3 is 0 Å². The molecule has 0 fully saturated rings. The van der Waals surface area contributed by atoms with Gasteiger partial charge in [0.2, 0.25) is 23.3 Å². The maximum absolute atomic E-state index is 14.9. The molecule has 0 atom stereocenters. The molecule has 0 aliphatic rings. The fraction of sp³-hybridized carbons (Fsp3) is 0.172. The molecular weight excluding hydrogens is 771 g/mol. The zero-order valence-corrected chi connectivity index (χ0v) is 25.5. The molecule has 22 heteroatoms. The third-order valence-corrected chi connectivity index (χ3v) is 7.75. The average molecular weight is 784 g/mol. The van der Waals surface area contributed by atoms with E-state index in [2.05, 4.69) is 12.6 Å². The van der Waals surface area contributed by atoms with E-state index >= 15 is 0 Å². The van der Waals surface area contributed by atoms with Crippen LogP contribution in [0.4, 0.5) is 87.8 Å². The van der Waals surface area contributed by atoms with E-state index in [1.165, 1.54) is 0 Å². The van der Waals surface area contributed by atoms with E-state index in [-0.39, 0.29) is 0 Å². The first-order chi connectivity index (χ1) is 23.6. The molecule has 0 radical (unpaired) electrons. The van der Waals surface area contributed by atoms with Crippen molar-refractivity contribution in [3.8, 4) is 0 Å². The molecule has 0 bridgehead atoms. The summed E-state index contributed by atoms with van der Waals surface area (Å²) in [5.41, 5.74) is -8.97. The van der Waals surface area contributed by atoms with Gasteiger partial charge in [-0.2, -0.15) is 0 Å². The van der Waals surface area contributed by atoms with Gasteiger partial charge in [0.1, 0.15) is 0 Å². The lowest BCUT2D eigenvalue weighted by Crippen LogP contribution is -2.49. The minimum absolute atomic E-state index is 1.81. The van der Waals surface area contributed by atoms with Crippen molar-refractivity contribution >= 4 is 18.8 Å². The van der Waals surface area contributed by atoms with Crippen LogP contribution in [-0.4, -0.2) is 12.4 Å². The summed E-state index contributed by atoms with van der Waals surface area (Å²) in [5, 5.41) is 0. The molecule has 0 nitrogen and oxygen atoms in total. The van der Waals surface area contributed by atoms with Crippen molar-refractivity contribution in [3.63, 3.8) is 0 Å². The van der Waals surface area contributed by atoms with Gasteiger partial charge < -0.3 is 0 Å². The Kier molecular flexibility index (Phi) is 12.4. The first-order valence-corrected chi connectivity index (χ1v) is 14.3. The van der Waals surface area contributed by atoms with E-state index in [0.29, 0.717) is 0 Å². The quantitative estimate of drug-likeness (QED) is 0.0551. The zero-order chi connectivity index (χ0) is 39.2. The van der Waals surface area contributed by atoms with Crippen molar-refractivity contribution in [2.75, 3.05) is 6.26 Å². The Hall–Kier alpha value is -4.11. The summed E-state index contributed by atoms with van der Waals surface area (Å²) in [6.07, 6.45) is -12.1. The SMILES string of the molecule is C[SH2+].Fc1c(F)c(F)c(C[B-](Cc2c(F)c(F)c(F)c(F)c2F)(Cc2c(F)c(F)c(F)c(F)c2F)Cc2c(F)c(F)c(F)c(F)c2F)c(F)c1F. The van der Waals surface area contributed by atoms with Gasteiger partial charge in [-0.25, -0.2) is 87.8 Å². The summed E-state index contributed by atoms with van der Waals surface area (Å²) >= 11 is 2.97. The summed E-state index contributed by atoms with van der Waals surface area (Å²) in [4.78, 5) is 0. The van der Waals surface area contributed by atoms with Crippen LogP contribution in [0.15, 0.2) is 0 Å². The molecule has 278 valence electrons. The molecule has 0 saturated carbocycles. The number of benzene rings is 4. The van der Waals surface area contributed by atoms with E-state index in [0.717, 1.165) is 0 Å². The van der Waals surface area contributed by atoms with Gasteiger partial charge in [0, 0.05) is 6.15 Å². The molecule has 0 saturated heterocycles. The summed E-state index contributed by atoms with van der Waals surface area (Å²) in [6.45, 7) is 0. The number of hydrogen-bond acceptors (Lipinski definition) is 0. The summed E-state index contributed by atoms with van der Waals surface area (Å²) in [7, 11) is 0. The molecule has 4 aromatic rings. The zero-order valence-electron chi connectivity index (χ0n) is 24.5. The Bertz CT molecular complexity index is 1640. The van der Waals surface area contributed by atoms with E-state index in [4.69, 9.17) is 0 Å². The van der Waals surface area contributed by atoms with E-state index in [9.17, 15) is 87.8 Å². The van der Waals surface area contributed by atoms with Crippen LogP contribution in [0.25, 0.3) is 0 Å². The minimum Gasteiger partial charge on any atom is -0.203 e. The van der Waals surface area contributed by atoms with Crippen molar-refractivity contribution in [1.82, 2.24) is 0 Å². The van der Waals surface area contributed by atoms with Crippen LogP contribution >= 0.6 is 0 Å². The average Bonchev–Trinajstić information content (AvgIpc) is 3.12. The minimum atomic E-state index is -4.78. The summed E-state index contributed by atoms with van der Waals surface area (Å²) in [5.74, 6) is -57.8. The number of rotatable bonds is 8. The Morgan fingerprint density at radius 2 is 0.333 bits per heavy atom. The normalized spacial score (nSPS) is 11.6. The highest BCUT2D eigenvalue weighted by atomic mass is 32.1. The van der Waals surface area contributed by atoms with Crippen molar-refractivity contribution in [1.29, 1.82) is 0 Å². The monoisotopic (exact) mass is 784 g/mol. The van der Waals surface area contributed by atoms with Gasteiger partial charge in [0.25, 0.3) is 0 Å². The molecule has 0 aliphatic heterocycles. The Labute approximate surface area is 277 Å². The Morgan fingerprint density at radius 3 is 0.451 bits per heavy atom. The standard InChI is InChI=1S/C28H8BF20.CH4S/c30-9-5(10(31)18(39)25(46)17(9)38)1-29(2-6-11(32)19(40)26(47)20(41)12(6)33,3-7-13(34)21(42)27(48)22(43)14(7)35)4-8-15(36)23(44)28(49)24(45)16(8)37;1-2/h1-4H2;2H,1H3/q-1;/p+1. The lowest BCUT2D eigenvalue weighted by atomic mass is 9.16.